The first-order valence-corrected chi connectivity index (χ1v) is 22.6. The van der Waals surface area contributed by atoms with Gasteiger partial charge < -0.3 is 19.7 Å². The van der Waals surface area contributed by atoms with Crippen LogP contribution in [0.2, 0.25) is 0 Å². The van der Waals surface area contributed by atoms with Crippen molar-refractivity contribution in [2.75, 3.05) is 26.7 Å². The van der Waals surface area contributed by atoms with E-state index >= 15 is 0 Å². The van der Waals surface area contributed by atoms with Crippen molar-refractivity contribution in [2.45, 2.75) is 239 Å². The maximum atomic E-state index is 13.6. The summed E-state index contributed by atoms with van der Waals surface area (Å²) in [5.41, 5.74) is 0. The molecule has 0 saturated carbocycles. The molecule has 0 rings (SSSR count). The van der Waals surface area contributed by atoms with Crippen molar-refractivity contribution in [1.82, 2.24) is 10.2 Å². The van der Waals surface area contributed by atoms with E-state index < -0.39 is 0 Å². The van der Waals surface area contributed by atoms with E-state index in [0.717, 1.165) is 90.0 Å². The second kappa shape index (κ2) is 39.8. The van der Waals surface area contributed by atoms with Gasteiger partial charge in [-0.2, -0.15) is 0 Å². The molecule has 0 radical (unpaired) electrons. The number of rotatable bonds is 41. The smallest absolute Gasteiger partial charge is 0.305 e. The van der Waals surface area contributed by atoms with Crippen LogP contribution in [0.3, 0.4) is 0 Å². The van der Waals surface area contributed by atoms with E-state index in [4.69, 9.17) is 4.74 Å². The summed E-state index contributed by atoms with van der Waals surface area (Å²) in [5, 5.41) is 3.25. The Bertz CT molecular complexity index is 744. The molecule has 51 heavy (non-hydrogen) atoms. The van der Waals surface area contributed by atoms with E-state index in [2.05, 4.69) is 31.0 Å². The zero-order chi connectivity index (χ0) is 37.5. The Labute approximate surface area is 318 Å². The Kier molecular flexibility index (Phi) is 38.7. The van der Waals surface area contributed by atoms with Crippen LogP contribution in [-0.2, 0) is 19.1 Å². The second-order valence-electron chi connectivity index (χ2n) is 15.6. The summed E-state index contributed by atoms with van der Waals surface area (Å²) in [4.78, 5) is 39.5. The van der Waals surface area contributed by atoms with Gasteiger partial charge in [0.05, 0.1) is 6.61 Å². The first-order valence-electron chi connectivity index (χ1n) is 22.6. The van der Waals surface area contributed by atoms with Crippen LogP contribution in [0.4, 0.5) is 0 Å². The number of carbonyl (C=O) groups excluding carboxylic acids is 3. The predicted molar refractivity (Wildman–Crippen MR) is 219 cm³/mol. The third kappa shape index (κ3) is 32.9. The second-order valence-corrected chi connectivity index (χ2v) is 15.6. The number of nitrogens with zero attached hydrogens (tertiary/aromatic N) is 1. The molecule has 0 aromatic carbocycles. The fraction of sp³-hybridized carbons (Fsp3) is 0.933. The Hall–Kier alpha value is -1.43. The van der Waals surface area contributed by atoms with Crippen LogP contribution in [-0.4, -0.2) is 55.8 Å². The van der Waals surface area contributed by atoms with Crippen LogP contribution in [0.25, 0.3) is 0 Å². The van der Waals surface area contributed by atoms with Crippen molar-refractivity contribution < 1.29 is 19.1 Å². The number of esters is 1. The van der Waals surface area contributed by atoms with E-state index in [1.807, 2.05) is 7.05 Å². The average molecular weight is 721 g/mol. The van der Waals surface area contributed by atoms with Crippen molar-refractivity contribution in [1.29, 1.82) is 0 Å². The largest absolute Gasteiger partial charge is 0.465 e. The van der Waals surface area contributed by atoms with Crippen molar-refractivity contribution >= 4 is 18.2 Å². The van der Waals surface area contributed by atoms with Gasteiger partial charge in [-0.25, -0.2) is 0 Å². The van der Waals surface area contributed by atoms with E-state index in [1.54, 1.807) is 0 Å². The maximum absolute atomic E-state index is 13.6. The molecule has 1 unspecified atom stereocenters. The number of hydrogen-bond donors (Lipinski definition) is 1. The van der Waals surface area contributed by atoms with Crippen molar-refractivity contribution in [2.24, 2.45) is 5.92 Å². The van der Waals surface area contributed by atoms with Crippen LogP contribution >= 0.6 is 0 Å². The first-order chi connectivity index (χ1) is 25.0. The van der Waals surface area contributed by atoms with E-state index in [0.29, 0.717) is 37.7 Å². The molecule has 302 valence electrons. The molecule has 0 aromatic heterocycles. The third-order valence-corrected chi connectivity index (χ3v) is 10.8. The monoisotopic (exact) mass is 721 g/mol. The normalized spacial score (nSPS) is 12.0. The average Bonchev–Trinajstić information content (AvgIpc) is 3.13. The van der Waals surface area contributed by atoms with Gasteiger partial charge in [0.1, 0.15) is 6.29 Å². The zero-order valence-corrected chi connectivity index (χ0v) is 34.8. The number of carbonyl (C=O) groups is 3. The standard InChI is InChI=1S/C45H88N2O4/c1-5-8-11-14-17-20-28-36-44(49)47(39-31-38-46-4)43(34-26-21-22-30-40-48)35-27-23-29-37-45(50)51-41-42(32-24-18-15-12-9-6-2)33-25-19-16-13-10-7-3/h40,42-43,46H,5-39,41H2,1-4H3. The molecular weight excluding hydrogens is 633 g/mol. The highest BCUT2D eigenvalue weighted by Crippen LogP contribution is 2.22. The molecule has 0 aliphatic carbocycles. The van der Waals surface area contributed by atoms with Gasteiger partial charge in [-0.15, -0.1) is 0 Å². The lowest BCUT2D eigenvalue weighted by Gasteiger charge is -2.33. The number of nitrogens with one attached hydrogen (secondary N) is 1. The van der Waals surface area contributed by atoms with Gasteiger partial charge in [-0.1, -0.05) is 162 Å². The SMILES string of the molecule is CCCCCCCCCC(=O)N(CCCNC)C(CCCCCC=O)CCCCCC(=O)OCC(CCCCCCCC)CCCCCCCC. The molecule has 1 N–H and O–H groups in total. The van der Waals surface area contributed by atoms with E-state index in [9.17, 15) is 14.4 Å². The van der Waals surface area contributed by atoms with Crippen LogP contribution in [0, 0.1) is 5.92 Å². The third-order valence-electron chi connectivity index (χ3n) is 10.8. The van der Waals surface area contributed by atoms with Gasteiger partial charge in [-0.3, -0.25) is 9.59 Å². The van der Waals surface area contributed by atoms with Gasteiger partial charge in [0, 0.05) is 31.8 Å². The first kappa shape index (κ1) is 49.6. The maximum Gasteiger partial charge on any atom is 0.305 e. The molecule has 1 amide bonds. The topological polar surface area (TPSA) is 75.7 Å². The quantitative estimate of drug-likeness (QED) is 0.0386. The molecule has 6 heteroatoms. The highest BCUT2D eigenvalue weighted by molar-refractivity contribution is 5.76. The molecule has 0 aliphatic rings. The Morgan fingerprint density at radius 3 is 1.55 bits per heavy atom. The van der Waals surface area contributed by atoms with Crippen molar-refractivity contribution in [3.8, 4) is 0 Å². The minimum absolute atomic E-state index is 0.0313. The minimum atomic E-state index is -0.0313. The van der Waals surface area contributed by atoms with Crippen LogP contribution in [0.1, 0.15) is 233 Å². The highest BCUT2D eigenvalue weighted by atomic mass is 16.5. The Balaban J connectivity index is 4.91. The summed E-state index contributed by atoms with van der Waals surface area (Å²) < 4.78 is 5.88. The number of ether oxygens (including phenoxy) is 1. The van der Waals surface area contributed by atoms with Crippen LogP contribution < -0.4 is 5.32 Å². The molecule has 1 atom stereocenters. The number of unbranched alkanes of at least 4 members (excludes halogenated alkanes) is 21. The summed E-state index contributed by atoms with van der Waals surface area (Å²) in [6, 6.07) is 0.242. The molecule has 0 saturated heterocycles. The molecule has 0 fully saturated rings. The highest BCUT2D eigenvalue weighted by Gasteiger charge is 2.23. The molecule has 6 nitrogen and oxygen atoms in total. The lowest BCUT2D eigenvalue weighted by atomic mass is 9.94. The summed E-state index contributed by atoms with van der Waals surface area (Å²) in [6.07, 6.45) is 38.3. The Morgan fingerprint density at radius 2 is 1.02 bits per heavy atom. The van der Waals surface area contributed by atoms with E-state index in [-0.39, 0.29) is 12.0 Å². The van der Waals surface area contributed by atoms with E-state index in [1.165, 1.54) is 122 Å². The molecule has 0 aromatic rings. The summed E-state index contributed by atoms with van der Waals surface area (Å²) in [7, 11) is 1.98. The molecule has 0 aliphatic heterocycles. The van der Waals surface area contributed by atoms with Gasteiger partial charge in [-0.05, 0) is 70.9 Å². The fourth-order valence-corrected chi connectivity index (χ4v) is 7.40. The lowest BCUT2D eigenvalue weighted by molar-refractivity contribution is -0.145. The lowest BCUT2D eigenvalue weighted by Crippen LogP contribution is -2.41. The molecule has 0 bridgehead atoms. The van der Waals surface area contributed by atoms with Crippen molar-refractivity contribution in [3.05, 3.63) is 0 Å². The molecular formula is C45H88N2O4. The fourth-order valence-electron chi connectivity index (χ4n) is 7.40. The minimum Gasteiger partial charge on any atom is -0.465 e. The van der Waals surface area contributed by atoms with Gasteiger partial charge >= 0.3 is 5.97 Å². The van der Waals surface area contributed by atoms with Crippen LogP contribution in [0.5, 0.6) is 0 Å². The number of amides is 1. The summed E-state index contributed by atoms with van der Waals surface area (Å²) >= 11 is 0. The predicted octanol–water partition coefficient (Wildman–Crippen LogP) is 12.7. The number of aldehydes is 1. The summed E-state index contributed by atoms with van der Waals surface area (Å²) in [6.45, 7) is 9.10. The number of hydrogen-bond acceptors (Lipinski definition) is 5. The van der Waals surface area contributed by atoms with Gasteiger partial charge in [0.2, 0.25) is 5.91 Å². The van der Waals surface area contributed by atoms with Crippen molar-refractivity contribution in [3.63, 3.8) is 0 Å². The zero-order valence-electron chi connectivity index (χ0n) is 34.8. The Morgan fingerprint density at radius 1 is 0.569 bits per heavy atom. The summed E-state index contributed by atoms with van der Waals surface area (Å²) in [5.74, 6) is 0.792. The van der Waals surface area contributed by atoms with Gasteiger partial charge in [0.15, 0.2) is 0 Å². The molecule has 0 spiro atoms. The molecule has 0 heterocycles. The van der Waals surface area contributed by atoms with Gasteiger partial charge in [0.25, 0.3) is 0 Å². The van der Waals surface area contributed by atoms with Crippen LogP contribution in [0.15, 0.2) is 0 Å².